The van der Waals surface area contributed by atoms with Gasteiger partial charge in [-0.3, -0.25) is 9.59 Å². The van der Waals surface area contributed by atoms with Crippen molar-refractivity contribution in [1.82, 2.24) is 4.90 Å². The number of carbonyl (C=O) groups excluding carboxylic acids is 2. The Balaban J connectivity index is 1.35. The summed E-state index contributed by atoms with van der Waals surface area (Å²) < 4.78 is 25.2. The van der Waals surface area contributed by atoms with E-state index in [9.17, 15) is 14.0 Å². The van der Waals surface area contributed by atoms with Crippen LogP contribution >= 0.6 is 23.2 Å². The topological polar surface area (TPSA) is 55.8 Å². The van der Waals surface area contributed by atoms with Crippen molar-refractivity contribution < 1.29 is 23.5 Å². The summed E-state index contributed by atoms with van der Waals surface area (Å²) in [6.45, 7) is 1.28. The molecule has 2 aliphatic rings. The molecule has 2 aromatic carbocycles. The molecule has 0 aliphatic carbocycles. The molecule has 2 aliphatic heterocycles. The highest BCUT2D eigenvalue weighted by atomic mass is 35.5. The molecule has 1 saturated heterocycles. The Morgan fingerprint density at radius 3 is 2.75 bits per heavy atom. The lowest BCUT2D eigenvalue weighted by molar-refractivity contribution is -0.121. The molecule has 4 rings (SSSR count). The molecule has 8 heteroatoms. The van der Waals surface area contributed by atoms with Crippen LogP contribution in [0.2, 0.25) is 10.0 Å². The van der Waals surface area contributed by atoms with E-state index >= 15 is 0 Å². The zero-order valence-electron chi connectivity index (χ0n) is 14.7. The van der Waals surface area contributed by atoms with Crippen LogP contribution in [-0.2, 0) is 11.2 Å². The molecule has 0 unspecified atom stereocenters. The molecule has 28 heavy (non-hydrogen) atoms. The highest BCUT2D eigenvalue weighted by Crippen LogP contribution is 2.30. The van der Waals surface area contributed by atoms with Gasteiger partial charge in [0.2, 0.25) is 0 Å². The van der Waals surface area contributed by atoms with Gasteiger partial charge in [0.1, 0.15) is 23.9 Å². The molecule has 0 bridgehead atoms. The summed E-state index contributed by atoms with van der Waals surface area (Å²) in [5.41, 5.74) is 0.502. The number of rotatable bonds is 4. The summed E-state index contributed by atoms with van der Waals surface area (Å²) in [5.74, 6) is -0.0718. The number of hydrogen-bond acceptors (Lipinski definition) is 4. The van der Waals surface area contributed by atoms with Gasteiger partial charge in [-0.25, -0.2) is 4.39 Å². The minimum atomic E-state index is -0.645. The first-order valence-electron chi connectivity index (χ1n) is 8.74. The van der Waals surface area contributed by atoms with Gasteiger partial charge in [0.15, 0.2) is 5.78 Å². The minimum Gasteiger partial charge on any atom is -0.493 e. The van der Waals surface area contributed by atoms with E-state index in [2.05, 4.69) is 0 Å². The fraction of sp³-hybridized carbons (Fsp3) is 0.300. The molecular weight excluding hydrogens is 408 g/mol. The smallest absolute Gasteiger partial charge is 0.256 e. The summed E-state index contributed by atoms with van der Waals surface area (Å²) in [6, 6.07) is 7.62. The average Bonchev–Trinajstić information content (AvgIpc) is 2.62. The maximum Gasteiger partial charge on any atom is 0.256 e. The van der Waals surface area contributed by atoms with Crippen molar-refractivity contribution in [3.63, 3.8) is 0 Å². The van der Waals surface area contributed by atoms with Crippen molar-refractivity contribution in [3.05, 3.63) is 57.3 Å². The average molecular weight is 424 g/mol. The highest BCUT2D eigenvalue weighted by molar-refractivity contribution is 6.42. The van der Waals surface area contributed by atoms with Gasteiger partial charge in [-0.1, -0.05) is 23.2 Å². The zero-order chi connectivity index (χ0) is 19.8. The Kier molecular flexibility index (Phi) is 5.17. The van der Waals surface area contributed by atoms with Crippen molar-refractivity contribution in [3.8, 4) is 11.5 Å². The van der Waals surface area contributed by atoms with Crippen LogP contribution in [0.1, 0.15) is 15.9 Å². The van der Waals surface area contributed by atoms with Gasteiger partial charge >= 0.3 is 0 Å². The van der Waals surface area contributed by atoms with E-state index in [1.165, 1.54) is 12.1 Å². The first kappa shape index (κ1) is 19.0. The van der Waals surface area contributed by atoms with Gasteiger partial charge in [-0.05, 0) is 18.2 Å². The molecule has 1 amide bonds. The number of likely N-dealkylation sites (tertiary alicyclic amines) is 1. The first-order chi connectivity index (χ1) is 13.4. The third kappa shape index (κ3) is 3.80. The SMILES string of the molecule is O=C1COc2cc(F)c(C(=O)N3CC(COc4ccc(Cl)c(Cl)c4)C3)cc2C1. The van der Waals surface area contributed by atoms with E-state index in [1.807, 2.05) is 0 Å². The normalized spacial score (nSPS) is 16.2. The highest BCUT2D eigenvalue weighted by Gasteiger charge is 2.33. The number of halogens is 3. The molecule has 0 radical (unpaired) electrons. The molecule has 1 fully saturated rings. The van der Waals surface area contributed by atoms with Crippen LogP contribution in [0.15, 0.2) is 30.3 Å². The molecule has 0 atom stereocenters. The van der Waals surface area contributed by atoms with Crippen LogP contribution in [-0.4, -0.2) is 42.9 Å². The number of ether oxygens (including phenoxy) is 2. The second kappa shape index (κ2) is 7.60. The number of Topliss-reactive ketones (excluding diaryl/α,β-unsaturated/α-hetero) is 1. The number of nitrogens with zero attached hydrogens (tertiary/aromatic N) is 1. The van der Waals surface area contributed by atoms with Gasteiger partial charge in [-0.2, -0.15) is 0 Å². The standard InChI is InChI=1S/C20H16Cl2FNO4/c21-16-2-1-14(5-17(16)22)27-9-11-7-24(8-11)20(26)15-4-12-3-13(25)10-28-19(12)6-18(15)23/h1-2,4-6,11H,3,7-10H2. The predicted octanol–water partition coefficient (Wildman–Crippen LogP) is 3.79. The monoisotopic (exact) mass is 423 g/mol. The fourth-order valence-corrected chi connectivity index (χ4v) is 3.54. The molecule has 0 aromatic heterocycles. The second-order valence-electron chi connectivity index (χ2n) is 6.91. The largest absolute Gasteiger partial charge is 0.493 e. The predicted molar refractivity (Wildman–Crippen MR) is 102 cm³/mol. The van der Waals surface area contributed by atoms with Crippen LogP contribution in [0, 0.1) is 11.7 Å². The zero-order valence-corrected chi connectivity index (χ0v) is 16.2. The van der Waals surface area contributed by atoms with E-state index in [1.54, 1.807) is 23.1 Å². The van der Waals surface area contributed by atoms with Crippen LogP contribution in [0.4, 0.5) is 4.39 Å². The lowest BCUT2D eigenvalue weighted by Gasteiger charge is -2.39. The maximum absolute atomic E-state index is 14.3. The van der Waals surface area contributed by atoms with Gasteiger partial charge in [-0.15, -0.1) is 0 Å². The quantitative estimate of drug-likeness (QED) is 0.750. The van der Waals surface area contributed by atoms with Gasteiger partial charge in [0, 0.05) is 43.1 Å². The summed E-state index contributed by atoms with van der Waals surface area (Å²) in [7, 11) is 0. The molecular formula is C20H16Cl2FNO4. The van der Waals surface area contributed by atoms with E-state index in [0.29, 0.717) is 46.8 Å². The van der Waals surface area contributed by atoms with Crippen LogP contribution in [0.5, 0.6) is 11.5 Å². The number of amides is 1. The Morgan fingerprint density at radius 2 is 2.00 bits per heavy atom. The number of ketones is 1. The van der Waals surface area contributed by atoms with Crippen molar-refractivity contribution in [2.24, 2.45) is 5.92 Å². The molecule has 146 valence electrons. The maximum atomic E-state index is 14.3. The summed E-state index contributed by atoms with van der Waals surface area (Å²) in [6.07, 6.45) is 0.149. The van der Waals surface area contributed by atoms with Crippen molar-refractivity contribution in [2.45, 2.75) is 6.42 Å². The molecule has 2 aromatic rings. The van der Waals surface area contributed by atoms with Gasteiger partial charge < -0.3 is 14.4 Å². The van der Waals surface area contributed by atoms with Crippen LogP contribution in [0.25, 0.3) is 0 Å². The summed E-state index contributed by atoms with van der Waals surface area (Å²) >= 11 is 11.8. The van der Waals surface area contributed by atoms with E-state index in [0.717, 1.165) is 0 Å². The third-order valence-corrected chi connectivity index (χ3v) is 5.52. The van der Waals surface area contributed by atoms with Crippen LogP contribution < -0.4 is 9.47 Å². The summed E-state index contributed by atoms with van der Waals surface area (Å²) in [4.78, 5) is 25.7. The fourth-order valence-electron chi connectivity index (χ4n) is 3.25. The number of carbonyl (C=O) groups is 2. The Hall–Kier alpha value is -2.31. The number of benzene rings is 2. The van der Waals surface area contributed by atoms with Crippen molar-refractivity contribution >= 4 is 34.9 Å². The number of fused-ring (bicyclic) bond motifs is 1. The second-order valence-corrected chi connectivity index (χ2v) is 7.72. The Bertz CT molecular complexity index is 959. The van der Waals surface area contributed by atoms with Crippen LogP contribution in [0.3, 0.4) is 0 Å². The third-order valence-electron chi connectivity index (χ3n) is 4.78. The summed E-state index contributed by atoms with van der Waals surface area (Å²) in [5, 5.41) is 0.864. The van der Waals surface area contributed by atoms with E-state index < -0.39 is 11.7 Å². The molecule has 0 N–H and O–H groups in total. The van der Waals surface area contributed by atoms with Crippen molar-refractivity contribution in [1.29, 1.82) is 0 Å². The Labute approximate surface area is 170 Å². The van der Waals surface area contributed by atoms with E-state index in [-0.39, 0.29) is 30.3 Å². The van der Waals surface area contributed by atoms with Gasteiger partial charge in [0.25, 0.3) is 5.91 Å². The van der Waals surface area contributed by atoms with E-state index in [4.69, 9.17) is 32.7 Å². The first-order valence-corrected chi connectivity index (χ1v) is 9.50. The lowest BCUT2D eigenvalue weighted by atomic mass is 9.97. The lowest BCUT2D eigenvalue weighted by Crippen LogP contribution is -2.52. The van der Waals surface area contributed by atoms with Gasteiger partial charge in [0.05, 0.1) is 22.2 Å². The molecule has 0 spiro atoms. The minimum absolute atomic E-state index is 0.0408. The molecule has 2 heterocycles. The number of hydrogen-bond donors (Lipinski definition) is 0. The molecule has 5 nitrogen and oxygen atoms in total. The molecule has 0 saturated carbocycles. The Morgan fingerprint density at radius 1 is 1.21 bits per heavy atom. The van der Waals surface area contributed by atoms with Crippen molar-refractivity contribution in [2.75, 3.05) is 26.3 Å².